The fraction of sp³-hybridized carbons (Fsp3) is 0.429. The number of hydrogen-bond donors (Lipinski definition) is 0. The van der Waals surface area contributed by atoms with Crippen LogP contribution in [0.2, 0.25) is 0 Å². The van der Waals surface area contributed by atoms with Crippen LogP contribution in [-0.4, -0.2) is 35.4 Å². The Hall–Kier alpha value is -2.64. The molecule has 0 spiro atoms. The van der Waals surface area contributed by atoms with Gasteiger partial charge in [0.05, 0.1) is 12.8 Å². The van der Waals surface area contributed by atoms with Gasteiger partial charge in [0.1, 0.15) is 11.6 Å². The monoisotopic (exact) mass is 312 g/mol. The van der Waals surface area contributed by atoms with Gasteiger partial charge in [-0.1, -0.05) is 0 Å². The van der Waals surface area contributed by atoms with E-state index in [1.54, 1.807) is 0 Å². The molecule has 8 heteroatoms. The normalized spacial score (nSPS) is 10.1. The van der Waals surface area contributed by atoms with Crippen LogP contribution in [0.4, 0.5) is 0 Å². The highest BCUT2D eigenvalue weighted by Crippen LogP contribution is 1.97. The van der Waals surface area contributed by atoms with Crippen molar-refractivity contribution in [1.82, 2.24) is 0 Å². The molecule has 0 bridgehead atoms. The smallest absolute Gasteiger partial charge is 0.338 e. The molecule has 0 saturated carbocycles. The van der Waals surface area contributed by atoms with Crippen LogP contribution in [0.5, 0.6) is 0 Å². The summed E-state index contributed by atoms with van der Waals surface area (Å²) in [6.45, 7) is 2.57. The number of Topliss-reactive ketones (excluding diaryl/α,β-unsaturated/α-hetero) is 2. The Labute approximate surface area is 126 Å². The van der Waals surface area contributed by atoms with E-state index in [4.69, 9.17) is 0 Å². The van der Waals surface area contributed by atoms with Crippen LogP contribution in [0.25, 0.3) is 0 Å². The summed E-state index contributed by atoms with van der Waals surface area (Å²) in [5.41, 5.74) is 0. The molecular weight excluding hydrogens is 296 g/mol. The molecule has 0 atom stereocenters. The number of hydrogen-bond acceptors (Lipinski definition) is 8. The van der Waals surface area contributed by atoms with E-state index < -0.39 is 23.9 Å². The van der Waals surface area contributed by atoms with Crippen molar-refractivity contribution in [1.29, 1.82) is 0 Å². The van der Waals surface area contributed by atoms with Gasteiger partial charge in [0.15, 0.2) is 0 Å². The summed E-state index contributed by atoms with van der Waals surface area (Å²) >= 11 is 0. The number of ketones is 2. The minimum Gasteiger partial charge on any atom is -0.390 e. The van der Waals surface area contributed by atoms with E-state index in [1.165, 1.54) is 13.8 Å². The molecule has 0 aromatic carbocycles. The first-order chi connectivity index (χ1) is 10.2. The highest BCUT2D eigenvalue weighted by Gasteiger charge is 2.11. The summed E-state index contributed by atoms with van der Waals surface area (Å²) in [5.74, 6) is -4.52. The first-order valence-corrected chi connectivity index (χ1v) is 6.37. The summed E-state index contributed by atoms with van der Waals surface area (Å²) in [6, 6.07) is 0. The predicted molar refractivity (Wildman–Crippen MR) is 71.2 cm³/mol. The van der Waals surface area contributed by atoms with E-state index in [0.717, 1.165) is 0 Å². The van der Waals surface area contributed by atoms with Crippen molar-refractivity contribution < 1.29 is 38.2 Å². The van der Waals surface area contributed by atoms with Crippen LogP contribution in [-0.2, 0) is 38.2 Å². The quantitative estimate of drug-likeness (QED) is 0.359. The molecule has 0 N–H and O–H groups in total. The van der Waals surface area contributed by atoms with Crippen LogP contribution in [0.15, 0.2) is 12.2 Å². The number of rotatable bonds is 8. The molecule has 0 fully saturated rings. The highest BCUT2D eigenvalue weighted by atomic mass is 16.6. The first kappa shape index (κ1) is 19.4. The summed E-state index contributed by atoms with van der Waals surface area (Å²) in [5, 5.41) is 0. The largest absolute Gasteiger partial charge is 0.390 e. The van der Waals surface area contributed by atoms with Crippen LogP contribution in [0.1, 0.15) is 39.5 Å². The zero-order chi connectivity index (χ0) is 17.1. The highest BCUT2D eigenvalue weighted by molar-refractivity contribution is 5.99. The topological polar surface area (TPSA) is 121 Å². The molecule has 0 unspecified atom stereocenters. The van der Waals surface area contributed by atoms with Crippen LogP contribution in [0, 0.1) is 0 Å². The maximum absolute atomic E-state index is 11.2. The number of ether oxygens (including phenoxy) is 2. The molecule has 0 radical (unpaired) electrons. The third kappa shape index (κ3) is 11.2. The Kier molecular flexibility index (Phi) is 8.92. The molecular formula is C14H16O8. The van der Waals surface area contributed by atoms with Crippen molar-refractivity contribution in [3.05, 3.63) is 12.2 Å². The van der Waals surface area contributed by atoms with Gasteiger partial charge in [0.2, 0.25) is 0 Å². The van der Waals surface area contributed by atoms with Crippen LogP contribution < -0.4 is 0 Å². The molecule has 120 valence electrons. The van der Waals surface area contributed by atoms with Gasteiger partial charge in [-0.15, -0.1) is 0 Å². The maximum Gasteiger partial charge on any atom is 0.338 e. The molecule has 0 aromatic rings. The molecule has 0 aromatic heterocycles. The maximum atomic E-state index is 11.2. The second-order valence-corrected chi connectivity index (χ2v) is 4.32. The zero-order valence-electron chi connectivity index (χ0n) is 12.2. The molecule has 0 amide bonds. The Morgan fingerprint density at radius 2 is 0.955 bits per heavy atom. The van der Waals surface area contributed by atoms with E-state index in [0.29, 0.717) is 12.2 Å². The molecule has 0 rings (SSSR count). The van der Waals surface area contributed by atoms with Crippen LogP contribution >= 0.6 is 0 Å². The molecule has 8 nitrogen and oxygen atoms in total. The SMILES string of the molecule is CC(=O)CCC(=O)OC(=O)/C=C\C(=O)OC(=O)CCC(C)=O. The van der Waals surface area contributed by atoms with Crippen molar-refractivity contribution in [2.45, 2.75) is 39.5 Å². The Morgan fingerprint density at radius 3 is 1.23 bits per heavy atom. The summed E-state index contributed by atoms with van der Waals surface area (Å²) in [7, 11) is 0. The Balaban J connectivity index is 4.12. The summed E-state index contributed by atoms with van der Waals surface area (Å²) < 4.78 is 8.56. The zero-order valence-corrected chi connectivity index (χ0v) is 12.2. The summed E-state index contributed by atoms with van der Waals surface area (Å²) in [4.78, 5) is 65.8. The number of esters is 4. The van der Waals surface area contributed by atoms with Gasteiger partial charge >= 0.3 is 23.9 Å². The van der Waals surface area contributed by atoms with Crippen molar-refractivity contribution >= 4 is 35.4 Å². The van der Waals surface area contributed by atoms with E-state index in [-0.39, 0.29) is 37.2 Å². The van der Waals surface area contributed by atoms with Crippen molar-refractivity contribution in [3.63, 3.8) is 0 Å². The average molecular weight is 312 g/mol. The fourth-order valence-corrected chi connectivity index (χ4v) is 1.09. The van der Waals surface area contributed by atoms with Crippen molar-refractivity contribution in [2.24, 2.45) is 0 Å². The number of carbonyl (C=O) groups is 6. The molecule has 22 heavy (non-hydrogen) atoms. The fourth-order valence-electron chi connectivity index (χ4n) is 1.09. The molecule has 0 aliphatic heterocycles. The van der Waals surface area contributed by atoms with Gasteiger partial charge in [0, 0.05) is 25.0 Å². The third-order valence-corrected chi connectivity index (χ3v) is 2.15. The van der Waals surface area contributed by atoms with Crippen LogP contribution in [0.3, 0.4) is 0 Å². The van der Waals surface area contributed by atoms with Gasteiger partial charge < -0.3 is 19.1 Å². The first-order valence-electron chi connectivity index (χ1n) is 6.37. The Bertz CT molecular complexity index is 469. The average Bonchev–Trinajstić information content (AvgIpc) is 2.40. The lowest BCUT2D eigenvalue weighted by atomic mass is 10.2. The van der Waals surface area contributed by atoms with Crippen molar-refractivity contribution in [3.8, 4) is 0 Å². The molecule has 0 saturated heterocycles. The summed E-state index contributed by atoms with van der Waals surface area (Å²) in [6.07, 6.45) is 0.634. The second kappa shape index (κ2) is 10.1. The van der Waals surface area contributed by atoms with Gasteiger partial charge in [-0.2, -0.15) is 0 Å². The van der Waals surface area contributed by atoms with E-state index in [1.807, 2.05) is 0 Å². The minimum absolute atomic E-state index is 0.0531. The molecule has 0 heterocycles. The molecule has 0 aliphatic rings. The lowest BCUT2D eigenvalue weighted by Gasteiger charge is -1.99. The van der Waals surface area contributed by atoms with Crippen molar-refractivity contribution in [2.75, 3.05) is 0 Å². The van der Waals surface area contributed by atoms with E-state index >= 15 is 0 Å². The van der Waals surface area contributed by atoms with E-state index in [9.17, 15) is 28.8 Å². The lowest BCUT2D eigenvalue weighted by Crippen LogP contribution is -2.13. The third-order valence-electron chi connectivity index (χ3n) is 2.15. The number of carbonyl (C=O) groups excluding carboxylic acids is 6. The lowest BCUT2D eigenvalue weighted by molar-refractivity contribution is -0.159. The minimum atomic E-state index is -1.12. The Morgan fingerprint density at radius 1 is 0.636 bits per heavy atom. The second-order valence-electron chi connectivity index (χ2n) is 4.32. The predicted octanol–water partition coefficient (Wildman–Crippen LogP) is 0.421. The van der Waals surface area contributed by atoms with Gasteiger partial charge in [-0.3, -0.25) is 9.59 Å². The van der Waals surface area contributed by atoms with Gasteiger partial charge in [0.25, 0.3) is 0 Å². The molecule has 0 aliphatic carbocycles. The standard InChI is InChI=1S/C14H16O8/c1-9(15)3-5-11(17)21-13(19)7-8-14(20)22-12(18)6-4-10(2)16/h7-8H,3-6H2,1-2H3/b8-7-. The van der Waals surface area contributed by atoms with Gasteiger partial charge in [-0.05, 0) is 13.8 Å². The van der Waals surface area contributed by atoms with Gasteiger partial charge in [-0.25, -0.2) is 9.59 Å². The van der Waals surface area contributed by atoms with E-state index in [2.05, 4.69) is 9.47 Å².